The van der Waals surface area contributed by atoms with Gasteiger partial charge < -0.3 is 14.6 Å². The second-order valence-electron chi connectivity index (χ2n) is 5.73. The summed E-state index contributed by atoms with van der Waals surface area (Å²) >= 11 is 5.98. The topological polar surface area (TPSA) is 64.4 Å². The van der Waals surface area contributed by atoms with E-state index >= 15 is 0 Å². The molecular formula is C19H16ClFN2O3. The zero-order valence-corrected chi connectivity index (χ0v) is 14.9. The first kappa shape index (κ1) is 17.9. The van der Waals surface area contributed by atoms with E-state index in [9.17, 15) is 9.18 Å². The zero-order chi connectivity index (χ0) is 18.7. The second kappa shape index (κ2) is 7.58. The lowest BCUT2D eigenvalue weighted by molar-refractivity contribution is 0.101. The molecule has 5 nitrogen and oxygen atoms in total. The Morgan fingerprint density at radius 2 is 2.08 bits per heavy atom. The average molecular weight is 375 g/mol. The van der Waals surface area contributed by atoms with Crippen LogP contribution < -0.4 is 10.1 Å². The molecule has 0 unspecified atom stereocenters. The molecule has 0 fully saturated rings. The highest BCUT2D eigenvalue weighted by Crippen LogP contribution is 2.23. The van der Waals surface area contributed by atoms with Crippen LogP contribution in [-0.2, 0) is 6.61 Å². The Hall–Kier alpha value is -2.86. The number of benzene rings is 2. The van der Waals surface area contributed by atoms with Gasteiger partial charge in [-0.3, -0.25) is 4.79 Å². The molecule has 7 heteroatoms. The van der Waals surface area contributed by atoms with Crippen LogP contribution >= 0.6 is 11.6 Å². The molecule has 1 N–H and O–H groups in total. The lowest BCUT2D eigenvalue weighted by atomic mass is 10.1. The van der Waals surface area contributed by atoms with Crippen LogP contribution in [-0.4, -0.2) is 11.1 Å². The Balaban J connectivity index is 1.78. The van der Waals surface area contributed by atoms with Gasteiger partial charge in [0.25, 0.3) is 5.91 Å². The van der Waals surface area contributed by atoms with Gasteiger partial charge in [0.2, 0.25) is 0 Å². The predicted octanol–water partition coefficient (Wildman–Crippen LogP) is 4.92. The Morgan fingerprint density at radius 3 is 2.85 bits per heavy atom. The van der Waals surface area contributed by atoms with Gasteiger partial charge in [0, 0.05) is 16.8 Å². The van der Waals surface area contributed by atoms with E-state index in [0.29, 0.717) is 27.8 Å². The molecule has 0 spiro atoms. The van der Waals surface area contributed by atoms with Crippen molar-refractivity contribution in [1.29, 1.82) is 0 Å². The van der Waals surface area contributed by atoms with Gasteiger partial charge in [-0.25, -0.2) is 4.39 Å². The largest absolute Gasteiger partial charge is 0.489 e. The van der Waals surface area contributed by atoms with Crippen LogP contribution in [0.25, 0.3) is 0 Å². The lowest BCUT2D eigenvalue weighted by Gasteiger charge is -2.09. The minimum atomic E-state index is -0.440. The second-order valence-corrected chi connectivity index (χ2v) is 6.16. The van der Waals surface area contributed by atoms with E-state index in [1.54, 1.807) is 37.3 Å². The molecule has 3 rings (SSSR count). The van der Waals surface area contributed by atoms with Crippen LogP contribution in [0, 0.1) is 19.7 Å². The summed E-state index contributed by atoms with van der Waals surface area (Å²) in [7, 11) is 0. The fourth-order valence-electron chi connectivity index (χ4n) is 2.36. The van der Waals surface area contributed by atoms with E-state index in [4.69, 9.17) is 20.9 Å². The summed E-state index contributed by atoms with van der Waals surface area (Å²) in [6.07, 6.45) is 0. The van der Waals surface area contributed by atoms with E-state index in [1.807, 2.05) is 6.92 Å². The molecule has 26 heavy (non-hydrogen) atoms. The third-order valence-electron chi connectivity index (χ3n) is 3.83. The summed E-state index contributed by atoms with van der Waals surface area (Å²) in [6, 6.07) is 11.0. The van der Waals surface area contributed by atoms with E-state index in [0.717, 1.165) is 5.56 Å². The highest BCUT2D eigenvalue weighted by Gasteiger charge is 2.21. The van der Waals surface area contributed by atoms with Crippen LogP contribution in [0.2, 0.25) is 5.02 Å². The van der Waals surface area contributed by atoms with E-state index < -0.39 is 11.7 Å². The maximum Gasteiger partial charge on any atom is 0.278 e. The van der Waals surface area contributed by atoms with Crippen molar-refractivity contribution in [2.45, 2.75) is 20.5 Å². The minimum absolute atomic E-state index is 0.0239. The fourth-order valence-corrected chi connectivity index (χ4v) is 2.53. The normalized spacial score (nSPS) is 10.6. The fraction of sp³-hybridized carbons (Fsp3) is 0.158. The molecule has 1 aromatic heterocycles. The third-order valence-corrected chi connectivity index (χ3v) is 4.06. The van der Waals surface area contributed by atoms with Gasteiger partial charge in [-0.05, 0) is 43.7 Å². The van der Waals surface area contributed by atoms with Gasteiger partial charge in [0.1, 0.15) is 23.9 Å². The molecule has 0 atom stereocenters. The Labute approximate surface area is 154 Å². The number of ether oxygens (including phenoxy) is 1. The predicted molar refractivity (Wildman–Crippen MR) is 96.1 cm³/mol. The monoisotopic (exact) mass is 374 g/mol. The number of aromatic nitrogens is 1. The number of aryl methyl sites for hydroxylation is 2. The van der Waals surface area contributed by atoms with Crippen molar-refractivity contribution in [2.24, 2.45) is 0 Å². The smallest absolute Gasteiger partial charge is 0.278 e. The molecule has 0 aliphatic carbocycles. The summed E-state index contributed by atoms with van der Waals surface area (Å²) in [5, 5.41) is 7.10. The van der Waals surface area contributed by atoms with Gasteiger partial charge in [-0.1, -0.05) is 28.9 Å². The maximum atomic E-state index is 13.2. The molecule has 0 aliphatic heterocycles. The highest BCUT2D eigenvalue weighted by atomic mass is 35.5. The summed E-state index contributed by atoms with van der Waals surface area (Å²) in [4.78, 5) is 12.6. The molecule has 0 saturated heterocycles. The number of nitrogens with one attached hydrogen (secondary N) is 1. The molecule has 2 aromatic carbocycles. The number of rotatable bonds is 5. The SMILES string of the molecule is Cc1ccc(Cl)cc1NC(=O)c1noc(C)c1COc1cccc(F)c1. The molecule has 134 valence electrons. The van der Waals surface area contributed by atoms with Gasteiger partial charge in [-0.2, -0.15) is 0 Å². The number of anilines is 1. The number of amides is 1. The summed E-state index contributed by atoms with van der Waals surface area (Å²) in [5.41, 5.74) is 2.05. The zero-order valence-electron chi connectivity index (χ0n) is 14.2. The Morgan fingerprint density at radius 1 is 1.27 bits per heavy atom. The minimum Gasteiger partial charge on any atom is -0.489 e. The average Bonchev–Trinajstić information content (AvgIpc) is 2.97. The first-order valence-electron chi connectivity index (χ1n) is 7.85. The molecule has 1 amide bonds. The van der Waals surface area contributed by atoms with Crippen molar-refractivity contribution < 1.29 is 18.4 Å². The number of hydrogen-bond acceptors (Lipinski definition) is 4. The lowest BCUT2D eigenvalue weighted by Crippen LogP contribution is -2.16. The molecule has 1 heterocycles. The van der Waals surface area contributed by atoms with Crippen LogP contribution in [0.5, 0.6) is 5.75 Å². The van der Waals surface area contributed by atoms with E-state index in [1.165, 1.54) is 12.1 Å². The summed E-state index contributed by atoms with van der Waals surface area (Å²) in [5.74, 6) is -0.0407. The van der Waals surface area contributed by atoms with Crippen LogP contribution in [0.1, 0.15) is 27.4 Å². The molecule has 0 aliphatic rings. The maximum absolute atomic E-state index is 13.2. The Kier molecular flexibility index (Phi) is 5.23. The quantitative estimate of drug-likeness (QED) is 0.688. The van der Waals surface area contributed by atoms with Crippen LogP contribution in [0.4, 0.5) is 10.1 Å². The third kappa shape index (κ3) is 4.03. The van der Waals surface area contributed by atoms with Gasteiger partial charge in [-0.15, -0.1) is 0 Å². The standard InChI is InChI=1S/C19H16ClFN2O3/c1-11-6-7-13(20)8-17(11)22-19(24)18-16(12(2)26-23-18)10-25-15-5-3-4-14(21)9-15/h3-9H,10H2,1-2H3,(H,22,24). The van der Waals surface area contributed by atoms with E-state index in [2.05, 4.69) is 10.5 Å². The molecule has 0 radical (unpaired) electrons. The molecule has 0 bridgehead atoms. The number of hydrogen-bond donors (Lipinski definition) is 1. The molecular weight excluding hydrogens is 359 g/mol. The van der Waals surface area contributed by atoms with Gasteiger partial charge in [0.15, 0.2) is 5.69 Å². The first-order chi connectivity index (χ1) is 12.4. The van der Waals surface area contributed by atoms with Crippen LogP contribution in [0.15, 0.2) is 47.0 Å². The van der Waals surface area contributed by atoms with Crippen molar-refractivity contribution in [3.63, 3.8) is 0 Å². The van der Waals surface area contributed by atoms with Crippen molar-refractivity contribution in [3.8, 4) is 5.75 Å². The number of carbonyl (C=O) groups excluding carboxylic acids is 1. The van der Waals surface area contributed by atoms with E-state index in [-0.39, 0.29) is 12.3 Å². The highest BCUT2D eigenvalue weighted by molar-refractivity contribution is 6.31. The summed E-state index contributed by atoms with van der Waals surface area (Å²) in [6.45, 7) is 3.56. The summed E-state index contributed by atoms with van der Waals surface area (Å²) < 4.78 is 23.9. The first-order valence-corrected chi connectivity index (χ1v) is 8.23. The number of carbonyl (C=O) groups is 1. The van der Waals surface area contributed by atoms with Gasteiger partial charge in [0.05, 0.1) is 5.56 Å². The number of nitrogens with zero attached hydrogens (tertiary/aromatic N) is 1. The van der Waals surface area contributed by atoms with Crippen molar-refractivity contribution in [1.82, 2.24) is 5.16 Å². The molecule has 3 aromatic rings. The number of halogens is 2. The van der Waals surface area contributed by atoms with Crippen molar-refractivity contribution in [2.75, 3.05) is 5.32 Å². The molecule has 0 saturated carbocycles. The van der Waals surface area contributed by atoms with Crippen LogP contribution in [0.3, 0.4) is 0 Å². The van der Waals surface area contributed by atoms with Gasteiger partial charge >= 0.3 is 0 Å². The van der Waals surface area contributed by atoms with Crippen molar-refractivity contribution in [3.05, 3.63) is 75.9 Å². The van der Waals surface area contributed by atoms with Crippen molar-refractivity contribution >= 4 is 23.2 Å². The Bertz CT molecular complexity index is 956.